The first-order valence-electron chi connectivity index (χ1n) is 9.28. The van der Waals surface area contributed by atoms with Crippen LogP contribution in [0.3, 0.4) is 0 Å². The van der Waals surface area contributed by atoms with Gasteiger partial charge >= 0.3 is 0 Å². The average Bonchev–Trinajstić information content (AvgIpc) is 3.37. The number of guanidine groups is 1. The summed E-state index contributed by atoms with van der Waals surface area (Å²) in [6, 6.07) is 6.38. The van der Waals surface area contributed by atoms with Crippen molar-refractivity contribution in [3.8, 4) is 5.75 Å². The van der Waals surface area contributed by atoms with E-state index < -0.39 is 0 Å². The molecule has 26 heavy (non-hydrogen) atoms. The van der Waals surface area contributed by atoms with E-state index in [1.807, 2.05) is 24.1 Å². The highest BCUT2D eigenvalue weighted by Crippen LogP contribution is 2.30. The van der Waals surface area contributed by atoms with E-state index in [0.717, 1.165) is 42.8 Å². The highest BCUT2D eigenvalue weighted by molar-refractivity contribution is 5.79. The minimum absolute atomic E-state index is 0.687. The lowest BCUT2D eigenvalue weighted by molar-refractivity contribution is 0.296. The Morgan fingerprint density at radius 3 is 2.88 bits per heavy atom. The number of aryl methyl sites for hydroxylation is 2. The highest BCUT2D eigenvalue weighted by Gasteiger charge is 2.22. The summed E-state index contributed by atoms with van der Waals surface area (Å²) in [7, 11) is 3.72. The van der Waals surface area contributed by atoms with E-state index in [4.69, 9.17) is 4.74 Å². The minimum Gasteiger partial charge on any atom is -0.493 e. The van der Waals surface area contributed by atoms with Crippen LogP contribution in [0.4, 0.5) is 0 Å². The second-order valence-corrected chi connectivity index (χ2v) is 6.99. The molecule has 1 saturated carbocycles. The fourth-order valence-electron chi connectivity index (χ4n) is 2.76. The van der Waals surface area contributed by atoms with Gasteiger partial charge in [0.05, 0.1) is 12.8 Å². The summed E-state index contributed by atoms with van der Waals surface area (Å²) >= 11 is 0. The molecule has 1 heterocycles. The van der Waals surface area contributed by atoms with Gasteiger partial charge in [-0.3, -0.25) is 9.67 Å². The van der Waals surface area contributed by atoms with Gasteiger partial charge in [-0.05, 0) is 49.3 Å². The summed E-state index contributed by atoms with van der Waals surface area (Å²) in [5.74, 6) is 2.52. The van der Waals surface area contributed by atoms with Crippen LogP contribution in [0.25, 0.3) is 0 Å². The summed E-state index contributed by atoms with van der Waals surface area (Å²) < 4.78 is 7.86. The van der Waals surface area contributed by atoms with E-state index in [1.54, 1.807) is 7.05 Å². The van der Waals surface area contributed by atoms with Gasteiger partial charge in [-0.1, -0.05) is 12.1 Å². The molecule has 1 aromatic carbocycles. The largest absolute Gasteiger partial charge is 0.493 e. The molecule has 1 aliphatic rings. The maximum absolute atomic E-state index is 6.04. The van der Waals surface area contributed by atoms with Gasteiger partial charge in [-0.15, -0.1) is 0 Å². The van der Waals surface area contributed by atoms with E-state index in [9.17, 15) is 0 Å². The highest BCUT2D eigenvalue weighted by atomic mass is 16.5. The van der Waals surface area contributed by atoms with Crippen molar-refractivity contribution >= 4 is 5.96 Å². The van der Waals surface area contributed by atoms with Gasteiger partial charge in [-0.2, -0.15) is 5.10 Å². The van der Waals surface area contributed by atoms with Gasteiger partial charge in [0.2, 0.25) is 0 Å². The second-order valence-electron chi connectivity index (χ2n) is 6.99. The monoisotopic (exact) mass is 355 g/mol. The van der Waals surface area contributed by atoms with Gasteiger partial charge in [0, 0.05) is 38.9 Å². The van der Waals surface area contributed by atoms with Crippen LogP contribution in [0.15, 0.2) is 35.6 Å². The van der Waals surface area contributed by atoms with Crippen LogP contribution in [-0.4, -0.2) is 35.9 Å². The molecule has 6 heteroatoms. The molecule has 1 fully saturated rings. The Morgan fingerprint density at radius 1 is 1.35 bits per heavy atom. The first-order valence-corrected chi connectivity index (χ1v) is 9.28. The average molecular weight is 355 g/mol. The van der Waals surface area contributed by atoms with E-state index in [2.05, 4.69) is 45.8 Å². The molecule has 1 aliphatic carbocycles. The molecule has 1 aromatic heterocycles. The SMILES string of the molecule is CN=C(NCCc1cnn(C)c1)NCc1ccc(C)cc1OCC1CC1. The van der Waals surface area contributed by atoms with E-state index in [0.29, 0.717) is 6.54 Å². The van der Waals surface area contributed by atoms with E-state index in [1.165, 1.54) is 24.0 Å². The maximum atomic E-state index is 6.04. The summed E-state index contributed by atoms with van der Waals surface area (Å²) in [6.07, 6.45) is 7.44. The lowest BCUT2D eigenvalue weighted by Crippen LogP contribution is -2.37. The molecule has 6 nitrogen and oxygen atoms in total. The molecule has 0 unspecified atom stereocenters. The predicted molar refractivity (Wildman–Crippen MR) is 105 cm³/mol. The number of hydrogen-bond acceptors (Lipinski definition) is 3. The number of ether oxygens (including phenoxy) is 1. The molecule has 0 aliphatic heterocycles. The third-order valence-corrected chi connectivity index (χ3v) is 4.53. The number of hydrogen-bond donors (Lipinski definition) is 2. The molecule has 0 saturated heterocycles. The lowest BCUT2D eigenvalue weighted by atomic mass is 10.1. The molecular formula is C20H29N5O. The van der Waals surface area contributed by atoms with Gasteiger partial charge in [0.1, 0.15) is 5.75 Å². The Kier molecular flexibility index (Phi) is 6.15. The minimum atomic E-state index is 0.687. The lowest BCUT2D eigenvalue weighted by Gasteiger charge is -2.15. The summed E-state index contributed by atoms with van der Waals surface area (Å²) in [6.45, 7) is 4.42. The van der Waals surface area contributed by atoms with E-state index in [-0.39, 0.29) is 0 Å². The van der Waals surface area contributed by atoms with Gasteiger partial charge < -0.3 is 15.4 Å². The Hall–Kier alpha value is -2.50. The van der Waals surface area contributed by atoms with Crippen LogP contribution >= 0.6 is 0 Å². The van der Waals surface area contributed by atoms with Crippen molar-refractivity contribution in [3.05, 3.63) is 47.3 Å². The Labute approximate surface area is 155 Å². The molecule has 0 spiro atoms. The second kappa shape index (κ2) is 8.74. The van der Waals surface area contributed by atoms with Crippen LogP contribution in [-0.2, 0) is 20.0 Å². The van der Waals surface area contributed by atoms with Crippen LogP contribution in [0.1, 0.15) is 29.5 Å². The summed E-state index contributed by atoms with van der Waals surface area (Å²) in [4.78, 5) is 4.30. The van der Waals surface area contributed by atoms with Gasteiger partial charge in [-0.25, -0.2) is 0 Å². The number of aromatic nitrogens is 2. The fraction of sp³-hybridized carbons (Fsp3) is 0.500. The third kappa shape index (κ3) is 5.51. The number of nitrogens with zero attached hydrogens (tertiary/aromatic N) is 3. The number of nitrogens with one attached hydrogen (secondary N) is 2. The molecule has 2 N–H and O–H groups in total. The number of rotatable bonds is 8. The van der Waals surface area contributed by atoms with Gasteiger partial charge in [0.25, 0.3) is 0 Å². The van der Waals surface area contributed by atoms with Crippen LogP contribution in [0, 0.1) is 12.8 Å². The normalized spacial score (nSPS) is 14.3. The van der Waals surface area contributed by atoms with Crippen molar-refractivity contribution in [3.63, 3.8) is 0 Å². The van der Waals surface area contributed by atoms with Crippen LogP contribution in [0.5, 0.6) is 5.75 Å². The Balaban J connectivity index is 1.49. The molecule has 3 rings (SSSR count). The van der Waals surface area contributed by atoms with Crippen molar-refractivity contribution < 1.29 is 4.74 Å². The molecule has 0 bridgehead atoms. The van der Waals surface area contributed by atoms with Crippen LogP contribution in [0.2, 0.25) is 0 Å². The fourth-order valence-corrected chi connectivity index (χ4v) is 2.76. The van der Waals surface area contributed by atoms with Crippen molar-refractivity contribution in [2.45, 2.75) is 32.7 Å². The summed E-state index contributed by atoms with van der Waals surface area (Å²) in [5.41, 5.74) is 3.59. The molecule has 0 radical (unpaired) electrons. The zero-order chi connectivity index (χ0) is 18.4. The quantitative estimate of drug-likeness (QED) is 0.564. The number of benzene rings is 1. The molecule has 0 atom stereocenters. The Morgan fingerprint density at radius 2 is 2.19 bits per heavy atom. The molecule has 0 amide bonds. The smallest absolute Gasteiger partial charge is 0.191 e. The topological polar surface area (TPSA) is 63.5 Å². The zero-order valence-corrected chi connectivity index (χ0v) is 16.0. The van der Waals surface area contributed by atoms with Crippen molar-refractivity contribution in [1.29, 1.82) is 0 Å². The first kappa shape index (κ1) is 18.3. The maximum Gasteiger partial charge on any atom is 0.191 e. The zero-order valence-electron chi connectivity index (χ0n) is 16.0. The van der Waals surface area contributed by atoms with E-state index >= 15 is 0 Å². The van der Waals surface area contributed by atoms with Crippen molar-refractivity contribution in [1.82, 2.24) is 20.4 Å². The van der Waals surface area contributed by atoms with Gasteiger partial charge in [0.15, 0.2) is 5.96 Å². The molecular weight excluding hydrogens is 326 g/mol. The van der Waals surface area contributed by atoms with Crippen LogP contribution < -0.4 is 15.4 Å². The summed E-state index contributed by atoms with van der Waals surface area (Å²) in [5, 5.41) is 10.9. The third-order valence-electron chi connectivity index (χ3n) is 4.53. The number of aliphatic imine (C=N–C) groups is 1. The standard InChI is InChI=1S/C20H29N5O/c1-15-4-7-18(19(10-15)26-14-16-5-6-16)12-23-20(21-2)22-9-8-17-11-24-25(3)13-17/h4,7,10-11,13,16H,5-6,8-9,12,14H2,1-3H3,(H2,21,22,23). The Bertz CT molecular complexity index is 748. The first-order chi connectivity index (χ1) is 12.6. The molecule has 2 aromatic rings. The van der Waals surface area contributed by atoms with Crippen molar-refractivity contribution in [2.24, 2.45) is 18.0 Å². The molecule has 140 valence electrons. The van der Waals surface area contributed by atoms with Crippen molar-refractivity contribution in [2.75, 3.05) is 20.2 Å². The predicted octanol–water partition coefficient (Wildman–Crippen LogP) is 2.43.